The van der Waals surface area contributed by atoms with Gasteiger partial charge in [0, 0.05) is 0 Å². The molecule has 0 spiro atoms. The van der Waals surface area contributed by atoms with Crippen LogP contribution in [0.2, 0.25) is 0 Å². The third kappa shape index (κ3) is 0.409. The molecule has 1 N–H and O–H groups in total. The van der Waals surface area contributed by atoms with Gasteiger partial charge in [0.25, 0.3) is 0 Å². The van der Waals surface area contributed by atoms with Crippen LogP contribution in [0.5, 0.6) is 0 Å². The van der Waals surface area contributed by atoms with E-state index in [4.69, 9.17) is 0 Å². The summed E-state index contributed by atoms with van der Waals surface area (Å²) in [5, 5.41) is 9.33. The minimum atomic E-state index is -0.469. The highest BCUT2D eigenvalue weighted by Crippen LogP contribution is 2.84. The molecule has 9 atom stereocenters. The second-order valence-electron chi connectivity index (χ2n) is 6.30. The van der Waals surface area contributed by atoms with Gasteiger partial charge in [0.05, 0.1) is 5.92 Å². The van der Waals surface area contributed by atoms with Crippen LogP contribution in [-0.2, 0) is 4.79 Å². The second kappa shape index (κ2) is 1.66. The van der Waals surface area contributed by atoms with E-state index in [1.165, 1.54) is 12.8 Å². The van der Waals surface area contributed by atoms with E-state index in [1.54, 1.807) is 0 Å². The van der Waals surface area contributed by atoms with Crippen molar-refractivity contribution < 1.29 is 9.90 Å². The Morgan fingerprint density at radius 3 is 1.79 bits per heavy atom. The standard InChI is InChI=1S/C12H14O2/c13-12(14)11-9-5-1-3-4-2-6(7(3)9)10(11)8(4)5/h3-11H,1-2H2,(H,13,14)/t3-,4-,5-,6+,7+,8+,9-,10+,11?/m0/s1. The number of hydrogen-bond donors (Lipinski definition) is 1. The van der Waals surface area contributed by atoms with Crippen LogP contribution >= 0.6 is 0 Å². The smallest absolute Gasteiger partial charge is 0.307 e. The molecule has 0 aromatic heterocycles. The van der Waals surface area contributed by atoms with Gasteiger partial charge in [-0.1, -0.05) is 0 Å². The predicted molar refractivity (Wildman–Crippen MR) is 48.3 cm³/mol. The van der Waals surface area contributed by atoms with Gasteiger partial charge < -0.3 is 5.11 Å². The van der Waals surface area contributed by atoms with E-state index < -0.39 is 5.97 Å². The van der Waals surface area contributed by atoms with E-state index in [0.717, 1.165) is 35.5 Å². The van der Waals surface area contributed by atoms with Crippen LogP contribution in [0.1, 0.15) is 12.8 Å². The first-order valence-electron chi connectivity index (χ1n) is 6.02. The van der Waals surface area contributed by atoms with Gasteiger partial charge in [0.1, 0.15) is 0 Å². The molecule has 74 valence electrons. The normalized spacial score (nSPS) is 74.4. The van der Waals surface area contributed by atoms with Crippen LogP contribution in [0.15, 0.2) is 0 Å². The Labute approximate surface area is 82.7 Å². The van der Waals surface area contributed by atoms with Gasteiger partial charge in [-0.25, -0.2) is 0 Å². The van der Waals surface area contributed by atoms with Crippen molar-refractivity contribution in [1.29, 1.82) is 0 Å². The predicted octanol–water partition coefficient (Wildman–Crippen LogP) is 1.47. The molecule has 0 radical (unpaired) electrons. The van der Waals surface area contributed by atoms with E-state index in [-0.39, 0.29) is 5.92 Å². The van der Waals surface area contributed by atoms with E-state index in [9.17, 15) is 9.90 Å². The van der Waals surface area contributed by atoms with Crippen molar-refractivity contribution in [2.24, 2.45) is 53.3 Å². The molecule has 6 bridgehead atoms. The highest BCUT2D eigenvalue weighted by Gasteiger charge is 2.81. The molecule has 6 aliphatic rings. The summed E-state index contributed by atoms with van der Waals surface area (Å²) in [5.74, 6) is 6.22. The van der Waals surface area contributed by atoms with E-state index in [2.05, 4.69) is 0 Å². The lowest BCUT2D eigenvalue weighted by Crippen LogP contribution is -2.30. The molecule has 0 aromatic carbocycles. The molecule has 6 fully saturated rings. The monoisotopic (exact) mass is 190 g/mol. The summed E-state index contributed by atoms with van der Waals surface area (Å²) in [6.07, 6.45) is 2.81. The van der Waals surface area contributed by atoms with Gasteiger partial charge in [-0.2, -0.15) is 0 Å². The zero-order valence-electron chi connectivity index (χ0n) is 7.97. The maximum atomic E-state index is 11.3. The van der Waals surface area contributed by atoms with Gasteiger partial charge in [-0.05, 0) is 60.2 Å². The molecular weight excluding hydrogens is 176 g/mol. The average Bonchev–Trinajstić information content (AvgIpc) is 2.76. The SMILES string of the molecule is O=C(O)C1[C@@H]2[C@@H]3C[C@H]4[C@@H]5C[C@H]([C@H]1[C@H]53)[C@@H]42. The highest BCUT2D eigenvalue weighted by atomic mass is 16.4. The van der Waals surface area contributed by atoms with Crippen molar-refractivity contribution in [2.45, 2.75) is 12.8 Å². The van der Waals surface area contributed by atoms with Crippen LogP contribution in [0.3, 0.4) is 0 Å². The first kappa shape index (κ1) is 6.86. The zero-order valence-corrected chi connectivity index (χ0v) is 7.97. The summed E-state index contributed by atoms with van der Waals surface area (Å²) in [7, 11) is 0. The van der Waals surface area contributed by atoms with Crippen LogP contribution in [0.4, 0.5) is 0 Å². The first-order valence-corrected chi connectivity index (χ1v) is 6.02. The summed E-state index contributed by atoms with van der Waals surface area (Å²) < 4.78 is 0. The molecule has 6 rings (SSSR count). The number of carbonyl (C=O) groups is 1. The van der Waals surface area contributed by atoms with Crippen LogP contribution < -0.4 is 0 Å². The lowest BCUT2D eigenvalue weighted by molar-refractivity contribution is -0.143. The molecule has 2 heteroatoms. The van der Waals surface area contributed by atoms with Crippen molar-refractivity contribution in [3.63, 3.8) is 0 Å². The molecule has 2 nitrogen and oxygen atoms in total. The highest BCUT2D eigenvalue weighted by molar-refractivity contribution is 5.73. The number of hydrogen-bond acceptors (Lipinski definition) is 1. The van der Waals surface area contributed by atoms with Crippen molar-refractivity contribution in [3.8, 4) is 0 Å². The van der Waals surface area contributed by atoms with E-state index in [1.807, 2.05) is 0 Å². The lowest BCUT2D eigenvalue weighted by Gasteiger charge is -2.33. The summed E-state index contributed by atoms with van der Waals surface area (Å²) in [6, 6.07) is 0. The number of aliphatic carboxylic acids is 1. The minimum Gasteiger partial charge on any atom is -0.481 e. The molecule has 14 heavy (non-hydrogen) atoms. The molecule has 0 aromatic rings. The lowest BCUT2D eigenvalue weighted by atomic mass is 9.71. The summed E-state index contributed by atoms with van der Waals surface area (Å²) in [6.45, 7) is 0. The maximum absolute atomic E-state index is 11.3. The maximum Gasteiger partial charge on any atom is 0.307 e. The van der Waals surface area contributed by atoms with Crippen LogP contribution in [0, 0.1) is 53.3 Å². The molecular formula is C12H14O2. The Balaban J connectivity index is 1.77. The van der Waals surface area contributed by atoms with Crippen molar-refractivity contribution >= 4 is 5.97 Å². The molecule has 0 aliphatic heterocycles. The summed E-state index contributed by atoms with van der Waals surface area (Å²) >= 11 is 0. The molecule has 0 heterocycles. The Morgan fingerprint density at radius 2 is 1.36 bits per heavy atom. The third-order valence-corrected chi connectivity index (χ3v) is 6.61. The quantitative estimate of drug-likeness (QED) is 0.679. The molecule has 0 amide bonds. The topological polar surface area (TPSA) is 37.3 Å². The average molecular weight is 190 g/mol. The second-order valence-corrected chi connectivity index (χ2v) is 6.30. The fourth-order valence-corrected chi connectivity index (χ4v) is 6.95. The molecule has 0 saturated heterocycles. The summed E-state index contributed by atoms with van der Waals surface area (Å²) in [4.78, 5) is 11.3. The van der Waals surface area contributed by atoms with Gasteiger partial charge in [-0.3, -0.25) is 4.79 Å². The Bertz CT molecular complexity index is 335. The van der Waals surface area contributed by atoms with Crippen molar-refractivity contribution in [3.05, 3.63) is 0 Å². The van der Waals surface area contributed by atoms with Gasteiger partial charge in [0.15, 0.2) is 0 Å². The van der Waals surface area contributed by atoms with Gasteiger partial charge >= 0.3 is 5.97 Å². The van der Waals surface area contributed by atoms with E-state index in [0.29, 0.717) is 11.8 Å². The van der Waals surface area contributed by atoms with Crippen molar-refractivity contribution in [2.75, 3.05) is 0 Å². The van der Waals surface area contributed by atoms with Gasteiger partial charge in [0.2, 0.25) is 0 Å². The molecule has 6 aliphatic carbocycles. The number of rotatable bonds is 1. The van der Waals surface area contributed by atoms with Crippen LogP contribution in [-0.4, -0.2) is 11.1 Å². The van der Waals surface area contributed by atoms with E-state index >= 15 is 0 Å². The minimum absolute atomic E-state index is 0.0810. The zero-order chi connectivity index (χ0) is 9.19. The number of carboxylic acids is 1. The Hall–Kier alpha value is -0.530. The molecule has 6 saturated carbocycles. The third-order valence-electron chi connectivity index (χ3n) is 6.61. The van der Waals surface area contributed by atoms with Gasteiger partial charge in [-0.15, -0.1) is 0 Å². The Kier molecular flexibility index (Phi) is 0.812. The van der Waals surface area contributed by atoms with Crippen LogP contribution in [0.25, 0.3) is 0 Å². The summed E-state index contributed by atoms with van der Waals surface area (Å²) in [5.41, 5.74) is 0. The fourth-order valence-electron chi connectivity index (χ4n) is 6.95. The molecule has 1 unspecified atom stereocenters. The number of carboxylic acid groups (broad SMARTS) is 1. The Morgan fingerprint density at radius 1 is 0.857 bits per heavy atom. The first-order chi connectivity index (χ1) is 6.79. The fraction of sp³-hybridized carbons (Fsp3) is 0.917. The largest absolute Gasteiger partial charge is 0.481 e. The van der Waals surface area contributed by atoms with Crippen molar-refractivity contribution in [1.82, 2.24) is 0 Å².